The summed E-state index contributed by atoms with van der Waals surface area (Å²) in [4.78, 5) is 10.5. The lowest BCUT2D eigenvalue weighted by atomic mass is 10.5. The van der Waals surface area contributed by atoms with Gasteiger partial charge in [0.25, 0.3) is 0 Å². The minimum Gasteiger partial charge on any atom is -1.00 e. The Morgan fingerprint density at radius 2 is 1.92 bits per heavy atom. The second-order valence-corrected chi connectivity index (χ2v) is 4.07. The van der Waals surface area contributed by atoms with E-state index in [0.717, 1.165) is 10.9 Å². The van der Waals surface area contributed by atoms with Gasteiger partial charge in [0.2, 0.25) is 0 Å². The smallest absolute Gasteiger partial charge is 0.303 e. The van der Waals surface area contributed by atoms with Crippen molar-refractivity contribution in [2.24, 2.45) is 0 Å². The van der Waals surface area contributed by atoms with Gasteiger partial charge in [-0.25, -0.2) is 0 Å². The highest BCUT2D eigenvalue weighted by Gasteiger charge is 2.50. The predicted molar refractivity (Wildman–Crippen MR) is 42.0 cm³/mol. The normalized spacial score (nSPS) is 27.3. The molecule has 0 saturated heterocycles. The first-order valence-electron chi connectivity index (χ1n) is 3.89. The molecule has 0 heterocycles. The molecule has 2 atom stereocenters. The molecule has 12 heavy (non-hydrogen) atoms. The summed E-state index contributed by atoms with van der Waals surface area (Å²) in [6.45, 7) is 1.46. The quantitative estimate of drug-likeness (QED) is 0.316. The van der Waals surface area contributed by atoms with Gasteiger partial charge in [0.05, 0.1) is 21.1 Å². The molecule has 0 radical (unpaired) electrons. The van der Waals surface area contributed by atoms with E-state index in [1.807, 2.05) is 0 Å². The number of esters is 1. The van der Waals surface area contributed by atoms with Crippen LogP contribution in [0.2, 0.25) is 0 Å². The van der Waals surface area contributed by atoms with Crippen LogP contribution in [0.1, 0.15) is 13.3 Å². The summed E-state index contributed by atoms with van der Waals surface area (Å²) in [5.74, 6) is -0.161. The molecule has 0 aromatic carbocycles. The first-order chi connectivity index (χ1) is 4.91. The van der Waals surface area contributed by atoms with Gasteiger partial charge < -0.3 is 33.2 Å². The summed E-state index contributed by atoms with van der Waals surface area (Å²) in [5.41, 5.74) is 0. The van der Waals surface area contributed by atoms with E-state index in [-0.39, 0.29) is 36.0 Å². The average Bonchev–Trinajstić information content (AvgIpc) is 2.40. The summed E-state index contributed by atoms with van der Waals surface area (Å²) >= 11 is 0. The maximum Gasteiger partial charge on any atom is 0.303 e. The second-order valence-electron chi connectivity index (χ2n) is 4.07. The number of likely N-dealkylation sites (N-methyl/N-ethyl adjacent to an activating group) is 1. The van der Waals surface area contributed by atoms with Crippen molar-refractivity contribution in [3.63, 3.8) is 0 Å². The minimum atomic E-state index is -0.161. The van der Waals surface area contributed by atoms with Crippen LogP contribution < -0.4 is 24.0 Å². The number of hydrogen-bond donors (Lipinski definition) is 0. The van der Waals surface area contributed by atoms with Gasteiger partial charge in [0.15, 0.2) is 6.10 Å². The third kappa shape index (κ3) is 3.26. The zero-order chi connectivity index (χ0) is 8.65. The van der Waals surface area contributed by atoms with Crippen LogP contribution in [0.3, 0.4) is 0 Å². The molecule has 0 aromatic heterocycles. The Balaban J connectivity index is 0.00000121. The highest BCUT2D eigenvalue weighted by atomic mass is 127. The number of carbonyl (C=O) groups excluding carboxylic acids is 1. The maximum atomic E-state index is 10.5. The lowest BCUT2D eigenvalue weighted by Crippen LogP contribution is -3.00. The molecule has 0 aliphatic heterocycles. The molecule has 0 N–H and O–H groups in total. The van der Waals surface area contributed by atoms with Gasteiger partial charge in [-0.2, -0.15) is 0 Å². The Hall–Kier alpha value is 0.160. The number of carbonyl (C=O) groups is 1. The van der Waals surface area contributed by atoms with Gasteiger partial charge in [-0.3, -0.25) is 4.79 Å². The number of halogens is 1. The molecule has 72 valence electrons. The molecule has 3 nitrogen and oxygen atoms in total. The molecule has 0 amide bonds. The van der Waals surface area contributed by atoms with Crippen molar-refractivity contribution in [3.05, 3.63) is 0 Å². The van der Waals surface area contributed by atoms with Crippen LogP contribution in [-0.2, 0) is 9.53 Å². The lowest BCUT2D eigenvalue weighted by Gasteiger charge is -2.23. The van der Waals surface area contributed by atoms with Crippen LogP contribution in [0.4, 0.5) is 0 Å². The molecule has 0 bridgehead atoms. The number of nitrogens with zero attached hydrogens (tertiary/aromatic N) is 1. The number of hydrogen-bond acceptors (Lipinski definition) is 2. The topological polar surface area (TPSA) is 26.3 Å². The summed E-state index contributed by atoms with van der Waals surface area (Å²) in [6, 6.07) is 0.513. The van der Waals surface area contributed by atoms with E-state index in [1.54, 1.807) is 0 Å². The molecule has 0 spiro atoms. The summed E-state index contributed by atoms with van der Waals surface area (Å²) in [7, 11) is 6.36. The van der Waals surface area contributed by atoms with Crippen LogP contribution in [0.5, 0.6) is 0 Å². The molecule has 1 aliphatic rings. The van der Waals surface area contributed by atoms with E-state index in [2.05, 4.69) is 21.1 Å². The molecular weight excluding hydrogens is 269 g/mol. The molecule has 1 rings (SSSR count). The summed E-state index contributed by atoms with van der Waals surface area (Å²) in [6.07, 6.45) is 1.19. The van der Waals surface area contributed by atoms with Gasteiger partial charge >= 0.3 is 5.97 Å². The Morgan fingerprint density at radius 3 is 2.17 bits per heavy atom. The van der Waals surface area contributed by atoms with Crippen molar-refractivity contribution in [3.8, 4) is 0 Å². The highest BCUT2D eigenvalue weighted by Crippen LogP contribution is 2.33. The van der Waals surface area contributed by atoms with Gasteiger partial charge in [0, 0.05) is 13.3 Å². The molecule has 4 heteroatoms. The number of quaternary nitrogens is 1. The minimum absolute atomic E-state index is 0. The predicted octanol–water partition coefficient (Wildman–Crippen LogP) is -2.60. The third-order valence-corrected chi connectivity index (χ3v) is 2.01. The average molecular weight is 285 g/mol. The zero-order valence-electron chi connectivity index (χ0n) is 8.00. The van der Waals surface area contributed by atoms with Gasteiger partial charge in [-0.05, 0) is 0 Å². The second kappa shape index (κ2) is 3.91. The van der Waals surface area contributed by atoms with Crippen molar-refractivity contribution >= 4 is 5.97 Å². The van der Waals surface area contributed by atoms with E-state index in [1.165, 1.54) is 6.92 Å². The van der Waals surface area contributed by atoms with Crippen molar-refractivity contribution in [1.82, 2.24) is 0 Å². The van der Waals surface area contributed by atoms with Crippen molar-refractivity contribution in [1.29, 1.82) is 0 Å². The summed E-state index contributed by atoms with van der Waals surface area (Å²) < 4.78 is 5.93. The van der Waals surface area contributed by atoms with Crippen molar-refractivity contribution < 1.29 is 38.0 Å². The fourth-order valence-corrected chi connectivity index (χ4v) is 1.31. The van der Waals surface area contributed by atoms with Crippen molar-refractivity contribution in [2.75, 3.05) is 21.1 Å². The lowest BCUT2D eigenvalue weighted by molar-refractivity contribution is -0.882. The standard InChI is InChI=1S/C8H16NO2.HI/c1-6(10)11-8-5-7(8)9(2,3)4;/h7-8H,5H2,1-4H3;1H/q+1;/p-1. The maximum absolute atomic E-state index is 10.5. The zero-order valence-corrected chi connectivity index (χ0v) is 10.2. The molecule has 1 aliphatic carbocycles. The van der Waals surface area contributed by atoms with Gasteiger partial charge in [-0.1, -0.05) is 0 Å². The number of rotatable bonds is 2. The Kier molecular flexibility index (Phi) is 3.96. The monoisotopic (exact) mass is 285 g/mol. The van der Waals surface area contributed by atoms with Gasteiger partial charge in [-0.15, -0.1) is 0 Å². The Labute approximate surface area is 90.7 Å². The van der Waals surface area contributed by atoms with Gasteiger partial charge in [0.1, 0.15) is 6.04 Å². The largest absolute Gasteiger partial charge is 1.00 e. The van der Waals surface area contributed by atoms with E-state index < -0.39 is 0 Å². The Morgan fingerprint density at radius 1 is 1.42 bits per heavy atom. The third-order valence-electron chi connectivity index (χ3n) is 2.01. The van der Waals surface area contributed by atoms with E-state index >= 15 is 0 Å². The molecule has 1 saturated carbocycles. The van der Waals surface area contributed by atoms with E-state index in [0.29, 0.717) is 6.04 Å². The highest BCUT2D eigenvalue weighted by molar-refractivity contribution is 5.66. The molecule has 2 unspecified atom stereocenters. The van der Waals surface area contributed by atoms with Crippen LogP contribution in [0.25, 0.3) is 0 Å². The van der Waals surface area contributed by atoms with Crippen LogP contribution in [0, 0.1) is 0 Å². The Bertz CT molecular complexity index is 176. The van der Waals surface area contributed by atoms with E-state index in [4.69, 9.17) is 4.74 Å². The van der Waals surface area contributed by atoms with Crippen LogP contribution in [-0.4, -0.2) is 43.7 Å². The molecular formula is C8H16INO2. The fourth-order valence-electron chi connectivity index (χ4n) is 1.31. The van der Waals surface area contributed by atoms with Crippen molar-refractivity contribution in [2.45, 2.75) is 25.5 Å². The SMILES string of the molecule is CC(=O)OC1CC1[N+](C)(C)C.[I-]. The van der Waals surface area contributed by atoms with E-state index in [9.17, 15) is 4.79 Å². The molecule has 0 aromatic rings. The molecule has 1 fully saturated rings. The first-order valence-corrected chi connectivity index (χ1v) is 3.89. The van der Waals surface area contributed by atoms with Crippen LogP contribution >= 0.6 is 0 Å². The first kappa shape index (κ1) is 12.2. The number of ether oxygens (including phenoxy) is 1. The fraction of sp³-hybridized carbons (Fsp3) is 0.875. The van der Waals surface area contributed by atoms with Crippen LogP contribution in [0.15, 0.2) is 0 Å². The summed E-state index contributed by atoms with van der Waals surface area (Å²) in [5, 5.41) is 0.